The summed E-state index contributed by atoms with van der Waals surface area (Å²) in [6.45, 7) is 19.3. The maximum absolute atomic E-state index is 10.5. The normalized spacial score (nSPS) is 29.0. The molecule has 1 saturated heterocycles. The van der Waals surface area contributed by atoms with E-state index in [4.69, 9.17) is 5.11 Å². The molecule has 1 N–H and O–H groups in total. The average Bonchev–Trinajstić information content (AvgIpc) is 3.40. The summed E-state index contributed by atoms with van der Waals surface area (Å²) in [5.41, 5.74) is 4.11. The van der Waals surface area contributed by atoms with Crippen molar-refractivity contribution in [3.63, 3.8) is 0 Å². The van der Waals surface area contributed by atoms with E-state index in [0.29, 0.717) is 17.3 Å². The molecule has 0 aromatic rings. The number of aliphatic carboxylic acids is 1. The van der Waals surface area contributed by atoms with Gasteiger partial charge < -0.3 is 14.6 Å². The van der Waals surface area contributed by atoms with Gasteiger partial charge in [0, 0.05) is 0 Å². The molecule has 232 valence electrons. The van der Waals surface area contributed by atoms with Gasteiger partial charge in [0.25, 0.3) is 0 Å². The minimum atomic E-state index is -1.09. The summed E-state index contributed by atoms with van der Waals surface area (Å²) in [5, 5.41) is 8.61. The van der Waals surface area contributed by atoms with Crippen molar-refractivity contribution in [3.05, 3.63) is 47.6 Å². The Morgan fingerprint density at radius 1 is 0.976 bits per heavy atom. The van der Waals surface area contributed by atoms with Gasteiger partial charge in [0.15, 0.2) is 0 Å². The molecule has 0 amide bonds. The van der Waals surface area contributed by atoms with Gasteiger partial charge in [-0.3, -0.25) is 4.79 Å². The third-order valence-corrected chi connectivity index (χ3v) is 9.71. The summed E-state index contributed by atoms with van der Waals surface area (Å²) in [6.07, 6.45) is 24.0. The third-order valence-electron chi connectivity index (χ3n) is 9.71. The monoisotopic (exact) mass is 570 g/mol. The molecule has 4 aliphatic rings. The molecule has 0 spiro atoms. The first-order chi connectivity index (χ1) is 19.4. The zero-order valence-electron chi connectivity index (χ0n) is 27.1. The lowest BCUT2D eigenvalue weighted by molar-refractivity contribution is -0.159. The van der Waals surface area contributed by atoms with Gasteiger partial charge in [-0.25, -0.2) is 4.79 Å². The fraction of sp³-hybridized carbons (Fsp3) is 0.722. The highest BCUT2D eigenvalue weighted by Gasteiger charge is 2.48. The number of ether oxygens (including phenoxy) is 2. The van der Waals surface area contributed by atoms with Gasteiger partial charge in [0.1, 0.15) is 18.6 Å². The van der Waals surface area contributed by atoms with Crippen LogP contribution in [0.3, 0.4) is 0 Å². The third kappa shape index (κ3) is 9.61. The minimum Gasteiger partial charge on any atom is -0.481 e. The van der Waals surface area contributed by atoms with Crippen molar-refractivity contribution in [2.75, 3.05) is 13.2 Å². The molecular weight excluding hydrogens is 512 g/mol. The second kappa shape index (κ2) is 16.4. The van der Waals surface area contributed by atoms with Gasteiger partial charge in [0.05, 0.1) is 0 Å². The van der Waals surface area contributed by atoms with E-state index in [9.17, 15) is 9.59 Å². The number of carbonyl (C=O) groups excluding carboxylic acids is 1. The predicted octanol–water partition coefficient (Wildman–Crippen LogP) is 10.1. The molecule has 0 aromatic heterocycles. The van der Waals surface area contributed by atoms with E-state index >= 15 is 0 Å². The molecule has 1 aliphatic heterocycles. The van der Waals surface area contributed by atoms with E-state index in [0.717, 1.165) is 11.8 Å². The Morgan fingerprint density at radius 3 is 2.17 bits per heavy atom. The van der Waals surface area contributed by atoms with Crippen LogP contribution in [0.15, 0.2) is 47.6 Å². The van der Waals surface area contributed by atoms with Crippen LogP contribution in [-0.2, 0) is 14.3 Å². The summed E-state index contributed by atoms with van der Waals surface area (Å²) in [4.78, 5) is 20.8. The van der Waals surface area contributed by atoms with Crippen LogP contribution >= 0.6 is 0 Å². The number of hydrogen-bond donors (Lipinski definition) is 1. The lowest BCUT2D eigenvalue weighted by Gasteiger charge is -2.45. The molecule has 3 saturated carbocycles. The van der Waals surface area contributed by atoms with Crippen LogP contribution in [0.1, 0.15) is 119 Å². The van der Waals surface area contributed by atoms with Gasteiger partial charge in [0.2, 0.25) is 0 Å². The summed E-state index contributed by atoms with van der Waals surface area (Å²) in [7, 11) is 0. The number of hydrogen-bond acceptors (Lipinski definition) is 4. The minimum absolute atomic E-state index is 0.124. The molecule has 0 aromatic carbocycles. The zero-order chi connectivity index (χ0) is 30.6. The van der Waals surface area contributed by atoms with Gasteiger partial charge in [-0.2, -0.15) is 0 Å². The van der Waals surface area contributed by atoms with Crippen molar-refractivity contribution in [2.45, 2.75) is 119 Å². The summed E-state index contributed by atoms with van der Waals surface area (Å²) < 4.78 is 8.83. The van der Waals surface area contributed by atoms with E-state index in [-0.39, 0.29) is 13.2 Å². The molecule has 3 unspecified atom stereocenters. The van der Waals surface area contributed by atoms with Gasteiger partial charge in [-0.1, -0.05) is 96.4 Å². The molecule has 0 radical (unpaired) electrons. The van der Waals surface area contributed by atoms with Crippen LogP contribution in [0.5, 0.6) is 0 Å². The van der Waals surface area contributed by atoms with E-state index in [1.165, 1.54) is 88.7 Å². The SMILES string of the molecule is C=C1CCCC/C1=C/C=C1\CCCC2([C@H](C)/C=C/C(C)C(C)C)CCCC12.CC1(C(=O)O)COC(=O)OC1.CCC. The van der Waals surface area contributed by atoms with E-state index < -0.39 is 17.5 Å². The Hall–Kier alpha value is -2.30. The number of carboxylic acid groups (broad SMARTS) is 1. The highest BCUT2D eigenvalue weighted by molar-refractivity contribution is 5.76. The molecule has 0 bridgehead atoms. The molecule has 3 aliphatic carbocycles. The van der Waals surface area contributed by atoms with Gasteiger partial charge in [-0.05, 0) is 99.4 Å². The van der Waals surface area contributed by atoms with Crippen molar-refractivity contribution in [3.8, 4) is 0 Å². The Kier molecular flexibility index (Phi) is 13.9. The molecular formula is C36H58O5. The predicted molar refractivity (Wildman–Crippen MR) is 169 cm³/mol. The van der Waals surface area contributed by atoms with Gasteiger partial charge >= 0.3 is 12.1 Å². The average molecular weight is 571 g/mol. The van der Waals surface area contributed by atoms with Crippen LogP contribution in [0.2, 0.25) is 0 Å². The van der Waals surface area contributed by atoms with E-state index in [1.54, 1.807) is 5.57 Å². The molecule has 4 rings (SSSR count). The van der Waals surface area contributed by atoms with E-state index in [2.05, 4.69) is 81.9 Å². The molecule has 41 heavy (non-hydrogen) atoms. The second-order valence-electron chi connectivity index (χ2n) is 13.5. The number of rotatable bonds is 6. The maximum Gasteiger partial charge on any atom is 0.508 e. The fourth-order valence-electron chi connectivity index (χ4n) is 6.52. The Morgan fingerprint density at radius 2 is 1.59 bits per heavy atom. The van der Waals surface area contributed by atoms with Crippen molar-refractivity contribution in [1.82, 2.24) is 0 Å². The molecule has 1 heterocycles. The fourth-order valence-corrected chi connectivity index (χ4v) is 6.52. The zero-order valence-corrected chi connectivity index (χ0v) is 27.1. The summed E-state index contributed by atoms with van der Waals surface area (Å²) in [6, 6.07) is 0. The molecule has 5 nitrogen and oxygen atoms in total. The number of allylic oxidation sites excluding steroid dienone is 7. The first-order valence-corrected chi connectivity index (χ1v) is 16.2. The number of cyclic esters (lactones) is 2. The summed E-state index contributed by atoms with van der Waals surface area (Å²) in [5.74, 6) is 1.91. The second-order valence-corrected chi connectivity index (χ2v) is 13.5. The van der Waals surface area contributed by atoms with Crippen molar-refractivity contribution >= 4 is 12.1 Å². The van der Waals surface area contributed by atoms with Crippen LogP contribution in [0.4, 0.5) is 4.79 Å². The van der Waals surface area contributed by atoms with Gasteiger partial charge in [-0.15, -0.1) is 0 Å². The Bertz CT molecular complexity index is 960. The van der Waals surface area contributed by atoms with Crippen LogP contribution in [0.25, 0.3) is 0 Å². The molecule has 5 heteroatoms. The van der Waals surface area contributed by atoms with Crippen molar-refractivity contribution in [2.24, 2.45) is 34.5 Å². The van der Waals surface area contributed by atoms with Crippen LogP contribution < -0.4 is 0 Å². The summed E-state index contributed by atoms with van der Waals surface area (Å²) >= 11 is 0. The highest BCUT2D eigenvalue weighted by atomic mass is 16.7. The maximum atomic E-state index is 10.5. The Balaban J connectivity index is 0.000000349. The smallest absolute Gasteiger partial charge is 0.481 e. The number of carboxylic acids is 1. The van der Waals surface area contributed by atoms with Crippen molar-refractivity contribution < 1.29 is 24.2 Å². The quantitative estimate of drug-likeness (QED) is 0.254. The highest BCUT2D eigenvalue weighted by Crippen LogP contribution is 2.58. The number of carbonyl (C=O) groups is 2. The molecule has 4 fully saturated rings. The topological polar surface area (TPSA) is 72.8 Å². The molecule has 4 atom stereocenters. The standard InChI is InChI=1S/C27H42.C6H8O5.C3H8/c1-20(2)21(3)14-15-23(5)27-18-8-12-25(26(27)13-9-19-27)17-16-24-11-7-6-10-22(24)4;1-6(4(7)8)2-10-5(9)11-3-6;1-3-2/h14-17,20-21,23,26H,4,6-13,18-19H2,1-3,5H3;2-3H2,1H3,(H,7,8);3H2,1-2H3/b15-14+,24-16-,25-17+;;/t21?,23-,26?,27?;;/m1../s1. The number of fused-ring (bicyclic) bond motifs is 1. The first-order valence-electron chi connectivity index (χ1n) is 16.2. The lowest BCUT2D eigenvalue weighted by atomic mass is 9.60. The largest absolute Gasteiger partial charge is 0.508 e. The lowest BCUT2D eigenvalue weighted by Crippen LogP contribution is -2.42. The van der Waals surface area contributed by atoms with Crippen molar-refractivity contribution in [1.29, 1.82) is 0 Å². The van der Waals surface area contributed by atoms with Crippen LogP contribution in [0, 0.1) is 34.5 Å². The van der Waals surface area contributed by atoms with Crippen LogP contribution in [-0.4, -0.2) is 30.4 Å². The first kappa shape index (κ1) is 34.9. The Labute approximate surface area is 250 Å². The van der Waals surface area contributed by atoms with E-state index in [1.807, 2.05) is 0 Å².